The van der Waals surface area contributed by atoms with Gasteiger partial charge in [-0.2, -0.15) is 0 Å². The van der Waals surface area contributed by atoms with E-state index in [-0.39, 0.29) is 30.4 Å². The Morgan fingerprint density at radius 3 is 2.57 bits per heavy atom. The fraction of sp³-hybridized carbons (Fsp3) is 0.500. The summed E-state index contributed by atoms with van der Waals surface area (Å²) in [5.41, 5.74) is 3.35. The van der Waals surface area contributed by atoms with Gasteiger partial charge in [0.1, 0.15) is 11.8 Å². The summed E-state index contributed by atoms with van der Waals surface area (Å²) in [6.07, 6.45) is 1.56. The number of methoxy groups -OCH3 is 1. The van der Waals surface area contributed by atoms with Crippen molar-refractivity contribution in [3.05, 3.63) is 28.8 Å². The van der Waals surface area contributed by atoms with E-state index in [2.05, 4.69) is 12.2 Å². The first-order chi connectivity index (χ1) is 10.0. The lowest BCUT2D eigenvalue weighted by atomic mass is 9.95. The third-order valence-electron chi connectivity index (χ3n) is 4.75. The van der Waals surface area contributed by atoms with Crippen LogP contribution >= 0.6 is 0 Å². The molecule has 2 saturated heterocycles. The molecule has 2 fully saturated rings. The predicted octanol–water partition coefficient (Wildman–Crippen LogP) is 1.47. The maximum Gasteiger partial charge on any atom is 0.243 e. The Morgan fingerprint density at radius 1 is 1.14 bits per heavy atom. The third kappa shape index (κ3) is 2.07. The number of hydrogen-bond donors (Lipinski definition) is 1. The van der Waals surface area contributed by atoms with Gasteiger partial charge in [0.2, 0.25) is 11.8 Å². The molecule has 1 aromatic rings. The molecule has 2 aliphatic heterocycles. The van der Waals surface area contributed by atoms with Crippen LogP contribution in [-0.4, -0.2) is 36.4 Å². The molecule has 2 atom stereocenters. The van der Waals surface area contributed by atoms with Crippen molar-refractivity contribution < 1.29 is 14.3 Å². The van der Waals surface area contributed by atoms with E-state index in [0.29, 0.717) is 0 Å². The molecule has 21 heavy (non-hydrogen) atoms. The molecule has 0 aromatic heterocycles. The first-order valence-electron chi connectivity index (χ1n) is 7.27. The fourth-order valence-electron chi connectivity index (χ4n) is 3.49. The number of carbonyl (C=O) groups is 2. The highest BCUT2D eigenvalue weighted by Gasteiger charge is 2.44. The molecule has 5 heteroatoms. The van der Waals surface area contributed by atoms with E-state index in [1.807, 2.05) is 19.1 Å². The highest BCUT2D eigenvalue weighted by molar-refractivity contribution is 5.95. The van der Waals surface area contributed by atoms with Gasteiger partial charge >= 0.3 is 0 Å². The van der Waals surface area contributed by atoms with Gasteiger partial charge in [-0.3, -0.25) is 9.59 Å². The summed E-state index contributed by atoms with van der Waals surface area (Å²) in [6.45, 7) is 4.18. The molecular formula is C16H20N2O3. The summed E-state index contributed by atoms with van der Waals surface area (Å²) in [6, 6.07) is 3.66. The number of fused-ring (bicyclic) bond motifs is 1. The summed E-state index contributed by atoms with van der Waals surface area (Å²) in [4.78, 5) is 25.9. The van der Waals surface area contributed by atoms with E-state index < -0.39 is 0 Å². The molecule has 112 valence electrons. The van der Waals surface area contributed by atoms with Gasteiger partial charge in [-0.05, 0) is 49.4 Å². The maximum absolute atomic E-state index is 12.2. The minimum absolute atomic E-state index is 0.00171. The molecule has 1 N–H and O–H groups in total. The lowest BCUT2D eigenvalue weighted by molar-refractivity contribution is -0.145. The van der Waals surface area contributed by atoms with Crippen molar-refractivity contribution in [2.45, 2.75) is 38.8 Å². The normalized spacial score (nSPS) is 24.8. The zero-order valence-corrected chi connectivity index (χ0v) is 12.6. The monoisotopic (exact) mass is 288 g/mol. The summed E-state index contributed by atoms with van der Waals surface area (Å²) < 4.78 is 5.34. The van der Waals surface area contributed by atoms with Gasteiger partial charge in [0.25, 0.3) is 0 Å². The third-order valence-corrected chi connectivity index (χ3v) is 4.75. The van der Waals surface area contributed by atoms with E-state index >= 15 is 0 Å². The second kappa shape index (κ2) is 5.06. The molecule has 3 rings (SSSR count). The molecule has 0 spiro atoms. The molecule has 2 heterocycles. The molecule has 2 amide bonds. The van der Waals surface area contributed by atoms with Gasteiger partial charge < -0.3 is 15.0 Å². The number of piperazine rings is 1. The topological polar surface area (TPSA) is 58.6 Å². The van der Waals surface area contributed by atoms with Crippen LogP contribution in [-0.2, 0) is 9.59 Å². The number of nitrogens with zero attached hydrogens (tertiary/aromatic N) is 1. The number of carbonyl (C=O) groups excluding carboxylic acids is 2. The van der Waals surface area contributed by atoms with E-state index in [9.17, 15) is 9.59 Å². The van der Waals surface area contributed by atoms with Crippen molar-refractivity contribution in [3.63, 3.8) is 0 Å². The van der Waals surface area contributed by atoms with Crippen LogP contribution in [0.15, 0.2) is 12.1 Å². The van der Waals surface area contributed by atoms with E-state index in [0.717, 1.165) is 35.3 Å². The molecule has 5 nitrogen and oxygen atoms in total. The number of amides is 2. The quantitative estimate of drug-likeness (QED) is 0.896. The van der Waals surface area contributed by atoms with Gasteiger partial charge in [-0.1, -0.05) is 6.07 Å². The van der Waals surface area contributed by atoms with Crippen molar-refractivity contribution in [1.29, 1.82) is 0 Å². The summed E-state index contributed by atoms with van der Waals surface area (Å²) in [5, 5.41) is 2.67. The summed E-state index contributed by atoms with van der Waals surface area (Å²) in [5.74, 6) is 0.837. The van der Waals surface area contributed by atoms with Crippen molar-refractivity contribution in [2.75, 3.05) is 13.7 Å². The SMILES string of the molecule is COc1ccc(C2CC[C@H]3C(=O)NCC(=O)N23)c(C)c1C. The Labute approximate surface area is 124 Å². The van der Waals surface area contributed by atoms with Gasteiger partial charge in [0.15, 0.2) is 0 Å². The van der Waals surface area contributed by atoms with Crippen LogP contribution in [0.25, 0.3) is 0 Å². The minimum atomic E-state index is -0.307. The second-order valence-corrected chi connectivity index (χ2v) is 5.73. The van der Waals surface area contributed by atoms with E-state index in [1.54, 1.807) is 12.0 Å². The first-order valence-corrected chi connectivity index (χ1v) is 7.27. The second-order valence-electron chi connectivity index (χ2n) is 5.73. The van der Waals surface area contributed by atoms with Gasteiger partial charge in [-0.25, -0.2) is 0 Å². The molecule has 0 bridgehead atoms. The van der Waals surface area contributed by atoms with E-state index in [4.69, 9.17) is 4.74 Å². The van der Waals surface area contributed by atoms with Crippen molar-refractivity contribution >= 4 is 11.8 Å². The summed E-state index contributed by atoms with van der Waals surface area (Å²) in [7, 11) is 1.66. The van der Waals surface area contributed by atoms with Crippen LogP contribution in [0, 0.1) is 13.8 Å². The Kier molecular flexibility index (Phi) is 3.35. The molecule has 1 aromatic carbocycles. The number of nitrogens with one attached hydrogen (secondary N) is 1. The van der Waals surface area contributed by atoms with Crippen molar-refractivity contribution in [1.82, 2.24) is 10.2 Å². The first kappa shape index (κ1) is 13.9. The predicted molar refractivity (Wildman–Crippen MR) is 78.1 cm³/mol. The van der Waals surface area contributed by atoms with Crippen LogP contribution in [0.5, 0.6) is 5.75 Å². The Bertz CT molecular complexity index is 612. The lowest BCUT2D eigenvalue weighted by Gasteiger charge is -2.34. The number of benzene rings is 1. The molecule has 0 saturated carbocycles. The zero-order valence-electron chi connectivity index (χ0n) is 12.6. The smallest absolute Gasteiger partial charge is 0.243 e. The van der Waals surface area contributed by atoms with E-state index in [1.165, 1.54) is 0 Å². The molecule has 0 radical (unpaired) electrons. The average Bonchev–Trinajstić information content (AvgIpc) is 2.92. The van der Waals surface area contributed by atoms with Crippen molar-refractivity contribution in [3.8, 4) is 5.75 Å². The Morgan fingerprint density at radius 2 is 1.86 bits per heavy atom. The zero-order chi connectivity index (χ0) is 15.1. The van der Waals surface area contributed by atoms with Gasteiger partial charge in [-0.15, -0.1) is 0 Å². The van der Waals surface area contributed by atoms with Crippen LogP contribution in [0.2, 0.25) is 0 Å². The van der Waals surface area contributed by atoms with Gasteiger partial charge in [0, 0.05) is 0 Å². The summed E-state index contributed by atoms with van der Waals surface area (Å²) >= 11 is 0. The molecule has 2 aliphatic rings. The maximum atomic E-state index is 12.2. The van der Waals surface area contributed by atoms with Crippen LogP contribution in [0.4, 0.5) is 0 Å². The average molecular weight is 288 g/mol. The standard InChI is InChI=1S/C16H20N2O3/c1-9-10(2)14(21-3)7-4-11(9)12-5-6-13-16(20)17-8-15(19)18(12)13/h4,7,12-13H,5-6,8H2,1-3H3,(H,17,20)/t12?,13-/m0/s1. The number of rotatable bonds is 2. The van der Waals surface area contributed by atoms with Crippen molar-refractivity contribution in [2.24, 2.45) is 0 Å². The number of ether oxygens (including phenoxy) is 1. The van der Waals surface area contributed by atoms with Gasteiger partial charge in [0.05, 0.1) is 19.7 Å². The Hall–Kier alpha value is -2.04. The number of hydrogen-bond acceptors (Lipinski definition) is 3. The van der Waals surface area contributed by atoms with Crippen LogP contribution in [0.1, 0.15) is 35.6 Å². The largest absolute Gasteiger partial charge is 0.496 e. The molecule has 0 aliphatic carbocycles. The van der Waals surface area contributed by atoms with Crippen LogP contribution < -0.4 is 10.1 Å². The fourth-order valence-corrected chi connectivity index (χ4v) is 3.49. The Balaban J connectivity index is 2.00. The molecule has 1 unspecified atom stereocenters. The minimum Gasteiger partial charge on any atom is -0.496 e. The lowest BCUT2D eigenvalue weighted by Crippen LogP contribution is -2.56. The highest BCUT2D eigenvalue weighted by Crippen LogP contribution is 2.40. The van der Waals surface area contributed by atoms with Crippen LogP contribution in [0.3, 0.4) is 0 Å². The molecular weight excluding hydrogens is 268 g/mol. The highest BCUT2D eigenvalue weighted by atomic mass is 16.5.